The van der Waals surface area contributed by atoms with E-state index in [-0.39, 0.29) is 19.4 Å². The molecule has 0 fully saturated rings. The Bertz CT molecular complexity index is 291. The number of rotatable bonds is 5. The van der Waals surface area contributed by atoms with Gasteiger partial charge in [-0.2, -0.15) is 0 Å². The van der Waals surface area contributed by atoms with Crippen LogP contribution in [0, 0.1) is 37.0 Å². The highest BCUT2D eigenvalue weighted by atomic mass is 31.2. The maximum Gasteiger partial charge on any atom is 0.344 e. The van der Waals surface area contributed by atoms with Crippen LogP contribution in [0.5, 0.6) is 0 Å². The van der Waals surface area contributed by atoms with Crippen molar-refractivity contribution in [2.24, 2.45) is 0 Å². The van der Waals surface area contributed by atoms with Gasteiger partial charge in [0.1, 0.15) is 19.4 Å². The second-order valence-corrected chi connectivity index (χ2v) is 3.98. The van der Waals surface area contributed by atoms with E-state index in [4.69, 9.17) is 28.3 Å². The Hall–Kier alpha value is -1.17. The van der Waals surface area contributed by atoms with Crippen molar-refractivity contribution in [2.45, 2.75) is 0 Å². The van der Waals surface area contributed by atoms with Crippen LogP contribution in [-0.4, -0.2) is 19.4 Å². The number of hydrogen-bond donors (Lipinski definition) is 0. The first-order chi connectivity index (χ1) is 6.18. The fourth-order valence-corrected chi connectivity index (χ4v) is 1.53. The van der Waals surface area contributed by atoms with Gasteiger partial charge in [-0.05, 0) is 0 Å². The molecule has 0 aromatic heterocycles. The molecule has 0 N–H and O–H groups in total. The van der Waals surface area contributed by atoms with Crippen molar-refractivity contribution in [3.63, 3.8) is 0 Å². The minimum Gasteiger partial charge on any atom is -0.295 e. The molecule has 0 aliphatic rings. The van der Waals surface area contributed by atoms with Crippen molar-refractivity contribution >= 4 is 7.60 Å². The molecule has 0 spiro atoms. The standard InChI is InChI=1S/C9H9O3P/c1-4-7-11-13(10,9-6-3)12-8-5-2/h1-3H,7-9H2. The Balaban J connectivity index is 4.21. The molecule has 0 bridgehead atoms. The van der Waals surface area contributed by atoms with Crippen LogP contribution in [0.3, 0.4) is 0 Å². The lowest BCUT2D eigenvalue weighted by molar-refractivity contribution is 0.245. The van der Waals surface area contributed by atoms with Crippen LogP contribution in [0.2, 0.25) is 0 Å². The molecule has 0 aromatic rings. The first-order valence-corrected chi connectivity index (χ1v) is 5.10. The smallest absolute Gasteiger partial charge is 0.295 e. The summed E-state index contributed by atoms with van der Waals surface area (Å²) < 4.78 is 21.1. The molecular weight excluding hydrogens is 187 g/mol. The average molecular weight is 196 g/mol. The van der Waals surface area contributed by atoms with Crippen LogP contribution in [0.4, 0.5) is 0 Å². The molecular formula is C9H9O3P. The monoisotopic (exact) mass is 196 g/mol. The average Bonchev–Trinajstić information content (AvgIpc) is 2.12. The van der Waals surface area contributed by atoms with E-state index in [1.165, 1.54) is 0 Å². The van der Waals surface area contributed by atoms with Gasteiger partial charge in [0.25, 0.3) is 0 Å². The van der Waals surface area contributed by atoms with Crippen LogP contribution in [-0.2, 0) is 13.6 Å². The summed E-state index contributed by atoms with van der Waals surface area (Å²) in [6, 6.07) is 0. The summed E-state index contributed by atoms with van der Waals surface area (Å²) in [6.07, 6.45) is 14.7. The number of terminal acetylenes is 3. The Kier molecular flexibility index (Phi) is 5.79. The number of hydrogen-bond acceptors (Lipinski definition) is 3. The Morgan fingerprint density at radius 2 is 1.46 bits per heavy atom. The summed E-state index contributed by atoms with van der Waals surface area (Å²) in [7, 11) is -3.27. The molecule has 0 aliphatic heterocycles. The van der Waals surface area contributed by atoms with Crippen molar-refractivity contribution in [2.75, 3.05) is 19.4 Å². The van der Waals surface area contributed by atoms with Crippen molar-refractivity contribution in [1.29, 1.82) is 0 Å². The third-order valence-electron chi connectivity index (χ3n) is 0.974. The highest BCUT2D eigenvalue weighted by Crippen LogP contribution is 2.47. The molecule has 0 saturated carbocycles. The summed E-state index contributed by atoms with van der Waals surface area (Å²) in [6.45, 7) is -0.215. The van der Waals surface area contributed by atoms with Gasteiger partial charge in [-0.3, -0.25) is 13.6 Å². The minimum absolute atomic E-state index is 0.108. The molecule has 68 valence electrons. The summed E-state index contributed by atoms with van der Waals surface area (Å²) >= 11 is 0. The predicted molar refractivity (Wildman–Crippen MR) is 50.9 cm³/mol. The normalized spacial score (nSPS) is 9.62. The molecule has 0 heterocycles. The van der Waals surface area contributed by atoms with Crippen LogP contribution < -0.4 is 0 Å². The predicted octanol–water partition coefficient (Wildman–Crippen LogP) is 1.11. The summed E-state index contributed by atoms with van der Waals surface area (Å²) in [4.78, 5) is 0. The Morgan fingerprint density at radius 1 is 1.00 bits per heavy atom. The largest absolute Gasteiger partial charge is 0.344 e. The second kappa shape index (κ2) is 6.36. The van der Waals surface area contributed by atoms with E-state index in [1.807, 2.05) is 0 Å². The van der Waals surface area contributed by atoms with Gasteiger partial charge in [-0.15, -0.1) is 19.3 Å². The zero-order chi connectivity index (χ0) is 10.2. The highest BCUT2D eigenvalue weighted by Gasteiger charge is 2.22. The van der Waals surface area contributed by atoms with E-state index in [0.29, 0.717) is 0 Å². The second-order valence-electron chi connectivity index (χ2n) is 1.93. The van der Waals surface area contributed by atoms with E-state index in [2.05, 4.69) is 17.8 Å². The van der Waals surface area contributed by atoms with Crippen molar-refractivity contribution in [3.05, 3.63) is 0 Å². The van der Waals surface area contributed by atoms with Crippen LogP contribution >= 0.6 is 7.60 Å². The fraction of sp³-hybridized carbons (Fsp3) is 0.333. The van der Waals surface area contributed by atoms with Crippen molar-refractivity contribution < 1.29 is 13.6 Å². The van der Waals surface area contributed by atoms with Crippen LogP contribution in [0.25, 0.3) is 0 Å². The molecule has 0 saturated heterocycles. The SMILES string of the molecule is C#CCOP(=O)(CC#C)OCC#C. The zero-order valence-corrected chi connectivity index (χ0v) is 7.92. The van der Waals surface area contributed by atoms with E-state index >= 15 is 0 Å². The first-order valence-electron chi connectivity index (χ1n) is 3.37. The van der Waals surface area contributed by atoms with Gasteiger partial charge in [0.2, 0.25) is 0 Å². The van der Waals surface area contributed by atoms with Gasteiger partial charge >= 0.3 is 7.60 Å². The molecule has 0 unspecified atom stereocenters. The van der Waals surface area contributed by atoms with Gasteiger partial charge in [0, 0.05) is 0 Å². The van der Waals surface area contributed by atoms with E-state index in [1.54, 1.807) is 0 Å². The summed E-state index contributed by atoms with van der Waals surface area (Å²) in [5.41, 5.74) is 0. The molecule has 4 heteroatoms. The van der Waals surface area contributed by atoms with Crippen molar-refractivity contribution in [1.82, 2.24) is 0 Å². The van der Waals surface area contributed by atoms with Crippen molar-refractivity contribution in [3.8, 4) is 37.0 Å². The van der Waals surface area contributed by atoms with E-state index in [9.17, 15) is 4.57 Å². The maximum atomic E-state index is 11.6. The molecule has 0 radical (unpaired) electrons. The van der Waals surface area contributed by atoms with Crippen LogP contribution in [0.15, 0.2) is 0 Å². The summed E-state index contributed by atoms with van der Waals surface area (Å²) in [5, 5.41) is 0. The highest BCUT2D eigenvalue weighted by molar-refractivity contribution is 7.54. The Morgan fingerprint density at radius 3 is 1.77 bits per heavy atom. The third-order valence-corrected chi connectivity index (χ3v) is 2.59. The fourth-order valence-electron chi connectivity index (χ4n) is 0.512. The maximum absolute atomic E-state index is 11.6. The molecule has 0 rings (SSSR count). The van der Waals surface area contributed by atoms with E-state index < -0.39 is 7.60 Å². The van der Waals surface area contributed by atoms with Crippen LogP contribution in [0.1, 0.15) is 0 Å². The molecule has 0 aliphatic carbocycles. The van der Waals surface area contributed by atoms with Gasteiger partial charge in [0.15, 0.2) is 0 Å². The topological polar surface area (TPSA) is 35.5 Å². The zero-order valence-electron chi connectivity index (χ0n) is 7.03. The molecule has 0 aromatic carbocycles. The molecule has 0 atom stereocenters. The third kappa shape index (κ3) is 5.13. The van der Waals surface area contributed by atoms with E-state index in [0.717, 1.165) is 0 Å². The first kappa shape index (κ1) is 11.8. The lowest BCUT2D eigenvalue weighted by atomic mass is 10.8. The quantitative estimate of drug-likeness (QED) is 0.488. The van der Waals surface area contributed by atoms with Gasteiger partial charge in [0.05, 0.1) is 0 Å². The lowest BCUT2D eigenvalue weighted by Gasteiger charge is -2.12. The molecule has 13 heavy (non-hydrogen) atoms. The van der Waals surface area contributed by atoms with Gasteiger partial charge in [-0.25, -0.2) is 0 Å². The Labute approximate surface area is 78.3 Å². The lowest BCUT2D eigenvalue weighted by Crippen LogP contribution is -1.99. The van der Waals surface area contributed by atoms with Gasteiger partial charge in [-0.1, -0.05) is 17.8 Å². The molecule has 0 amide bonds. The minimum atomic E-state index is -3.27. The summed E-state index contributed by atoms with van der Waals surface area (Å²) in [5.74, 6) is 6.50. The molecule has 3 nitrogen and oxygen atoms in total. The van der Waals surface area contributed by atoms with Gasteiger partial charge < -0.3 is 0 Å².